The van der Waals surface area contributed by atoms with Gasteiger partial charge in [0.2, 0.25) is 5.91 Å². The first kappa shape index (κ1) is 35.7. The number of carboxylic acid groups (broad SMARTS) is 1. The predicted octanol–water partition coefficient (Wildman–Crippen LogP) is 4.84. The molecule has 0 aromatic carbocycles. The van der Waals surface area contributed by atoms with Gasteiger partial charge in [0.05, 0.1) is 17.3 Å². The van der Waals surface area contributed by atoms with Crippen LogP contribution in [-0.4, -0.2) is 62.6 Å². The van der Waals surface area contributed by atoms with Gasteiger partial charge < -0.3 is 30.1 Å². The van der Waals surface area contributed by atoms with Crippen LogP contribution < -0.4 is 10.6 Å². The number of aromatic nitrogens is 3. The van der Waals surface area contributed by atoms with Crippen LogP contribution in [0.2, 0.25) is 0 Å². The van der Waals surface area contributed by atoms with E-state index < -0.39 is 5.97 Å². The quantitative estimate of drug-likeness (QED) is 0.287. The highest BCUT2D eigenvalue weighted by molar-refractivity contribution is 5.92. The number of nitrogens with one attached hydrogen (secondary N) is 2. The fourth-order valence-electron chi connectivity index (χ4n) is 4.36. The molecule has 0 unspecified atom stereocenters. The lowest BCUT2D eigenvalue weighted by atomic mass is 10.0. The van der Waals surface area contributed by atoms with Gasteiger partial charge >= 0.3 is 5.97 Å². The molecule has 0 spiro atoms. The number of aryl methyl sites for hydroxylation is 2. The summed E-state index contributed by atoms with van der Waals surface area (Å²) in [6, 6.07) is 0.323. The van der Waals surface area contributed by atoms with Crippen LogP contribution in [0.25, 0.3) is 11.0 Å². The highest BCUT2D eigenvalue weighted by atomic mass is 16.5. The number of Topliss-reactive ketones (excluding diaryl/α,β-unsaturated/α-hetero) is 2. The second-order valence-corrected chi connectivity index (χ2v) is 9.78. The summed E-state index contributed by atoms with van der Waals surface area (Å²) < 4.78 is 7.42. The van der Waals surface area contributed by atoms with Gasteiger partial charge in [-0.15, -0.1) is 0 Å². The zero-order valence-electron chi connectivity index (χ0n) is 25.7. The third-order valence-electron chi connectivity index (χ3n) is 6.49. The van der Waals surface area contributed by atoms with Crippen LogP contribution in [0.4, 0.5) is 5.69 Å². The fraction of sp³-hybridized carbons (Fsp3) is 0.667. The molecule has 2 aromatic rings. The van der Waals surface area contributed by atoms with Crippen LogP contribution >= 0.6 is 0 Å². The Morgan fingerprint density at radius 3 is 2.15 bits per heavy atom. The molecular formula is C30H49N5O6. The summed E-state index contributed by atoms with van der Waals surface area (Å²) >= 11 is 0. The molecule has 11 heteroatoms. The van der Waals surface area contributed by atoms with E-state index in [1.807, 2.05) is 24.7 Å². The maximum atomic E-state index is 12.3. The molecular weight excluding hydrogens is 526 g/mol. The molecule has 41 heavy (non-hydrogen) atoms. The highest BCUT2D eigenvalue weighted by Crippen LogP contribution is 2.31. The normalized spacial score (nSPS) is 12.9. The maximum absolute atomic E-state index is 12.3. The van der Waals surface area contributed by atoms with Crippen molar-refractivity contribution in [1.82, 2.24) is 20.1 Å². The van der Waals surface area contributed by atoms with Gasteiger partial charge in [0, 0.05) is 69.3 Å². The van der Waals surface area contributed by atoms with Crippen molar-refractivity contribution >= 4 is 40.2 Å². The number of carbonyl (C=O) groups excluding carboxylic acids is 3. The summed E-state index contributed by atoms with van der Waals surface area (Å²) in [7, 11) is 0. The van der Waals surface area contributed by atoms with Gasteiger partial charge in [-0.25, -0.2) is 9.67 Å². The van der Waals surface area contributed by atoms with Crippen molar-refractivity contribution < 1.29 is 29.0 Å². The molecule has 1 aliphatic heterocycles. The Morgan fingerprint density at radius 1 is 1.00 bits per heavy atom. The Morgan fingerprint density at radius 2 is 1.61 bits per heavy atom. The first-order chi connectivity index (χ1) is 19.7. The molecule has 0 radical (unpaired) electrons. The van der Waals surface area contributed by atoms with Crippen molar-refractivity contribution in [3.63, 3.8) is 0 Å². The van der Waals surface area contributed by atoms with Gasteiger partial charge in [0.25, 0.3) is 0 Å². The van der Waals surface area contributed by atoms with Crippen LogP contribution in [0.3, 0.4) is 0 Å². The summed E-state index contributed by atoms with van der Waals surface area (Å²) in [5.74, 6) is -0.714. The van der Waals surface area contributed by atoms with E-state index in [0.717, 1.165) is 67.0 Å². The number of hydrogen-bond donors (Lipinski definition) is 3. The zero-order valence-corrected chi connectivity index (χ0v) is 25.7. The minimum Gasteiger partial charge on any atom is -0.481 e. The number of pyridine rings is 1. The molecule has 11 nitrogen and oxygen atoms in total. The molecule has 3 heterocycles. The minimum absolute atomic E-state index is 0.0420. The monoisotopic (exact) mass is 575 g/mol. The standard InChI is InChI=1S/C22H33N5O3.C6H10O3.C2H6/c1-4-19-17(13-23-20(29)8-6-7-15(3)28)21(25-16-9-11-30-12-10-16)18-14-24-27(5-2)22(18)26-19;1-5(7)3-2-4-6(8)9;1-2/h14,16H,4-13H2,1-3H3,(H,23,29)(H,25,26);2-4H2,1H3,(H,8,9);1-2H3. The van der Waals surface area contributed by atoms with Gasteiger partial charge in [0.1, 0.15) is 11.6 Å². The number of hydrogen-bond acceptors (Lipinski definition) is 8. The summed E-state index contributed by atoms with van der Waals surface area (Å²) in [6.45, 7) is 13.8. The van der Waals surface area contributed by atoms with Crippen molar-refractivity contribution in [1.29, 1.82) is 0 Å². The maximum Gasteiger partial charge on any atom is 0.303 e. The molecule has 1 fully saturated rings. The van der Waals surface area contributed by atoms with Crippen LogP contribution in [0.15, 0.2) is 6.20 Å². The van der Waals surface area contributed by atoms with Crippen molar-refractivity contribution in [2.24, 2.45) is 0 Å². The third kappa shape index (κ3) is 12.8. The molecule has 0 aliphatic carbocycles. The number of aliphatic carboxylic acids is 1. The largest absolute Gasteiger partial charge is 0.481 e. The predicted molar refractivity (Wildman–Crippen MR) is 160 cm³/mol. The molecule has 1 saturated heterocycles. The Bertz CT molecular complexity index is 1110. The third-order valence-corrected chi connectivity index (χ3v) is 6.49. The summed E-state index contributed by atoms with van der Waals surface area (Å²) in [4.78, 5) is 48.4. The van der Waals surface area contributed by atoms with Crippen molar-refractivity contribution in [2.75, 3.05) is 18.5 Å². The van der Waals surface area contributed by atoms with Gasteiger partial charge in [-0.1, -0.05) is 20.8 Å². The second-order valence-electron chi connectivity index (χ2n) is 9.78. The number of ether oxygens (including phenoxy) is 1. The van der Waals surface area contributed by atoms with E-state index in [-0.39, 0.29) is 23.9 Å². The van der Waals surface area contributed by atoms with Crippen molar-refractivity contribution in [2.45, 2.75) is 118 Å². The molecule has 3 N–H and O–H groups in total. The molecule has 1 aliphatic rings. The minimum atomic E-state index is -0.837. The second kappa shape index (κ2) is 19.7. The van der Waals surface area contributed by atoms with E-state index in [1.54, 1.807) is 6.92 Å². The Kier molecular flexibility index (Phi) is 17.1. The summed E-state index contributed by atoms with van der Waals surface area (Å²) in [5.41, 5.74) is 3.89. The van der Waals surface area contributed by atoms with E-state index in [0.29, 0.717) is 44.7 Å². The Hall–Kier alpha value is -3.34. The number of fused-ring (bicyclic) bond motifs is 1. The number of nitrogens with zero attached hydrogens (tertiary/aromatic N) is 3. The molecule has 230 valence electrons. The summed E-state index contributed by atoms with van der Waals surface area (Å²) in [5, 5.41) is 20.4. The fourth-order valence-corrected chi connectivity index (χ4v) is 4.36. The number of rotatable bonds is 14. The van der Waals surface area contributed by atoms with E-state index in [9.17, 15) is 19.2 Å². The van der Waals surface area contributed by atoms with Crippen LogP contribution in [0.5, 0.6) is 0 Å². The number of carbonyl (C=O) groups is 4. The summed E-state index contributed by atoms with van der Waals surface area (Å²) in [6.07, 6.45) is 6.84. The lowest BCUT2D eigenvalue weighted by Crippen LogP contribution is -2.30. The molecule has 2 aromatic heterocycles. The first-order valence-corrected chi connectivity index (χ1v) is 14.8. The highest BCUT2D eigenvalue weighted by Gasteiger charge is 2.22. The molecule has 3 rings (SSSR count). The number of anilines is 1. The van der Waals surface area contributed by atoms with Crippen LogP contribution in [-0.2, 0) is 43.4 Å². The van der Waals surface area contributed by atoms with Crippen molar-refractivity contribution in [3.05, 3.63) is 17.5 Å². The lowest BCUT2D eigenvalue weighted by Gasteiger charge is -2.26. The molecule has 0 saturated carbocycles. The SMILES string of the molecule is CC.CC(=O)CCCC(=O)O.CCc1nc2c(cnn2CC)c(NC2CCOCC2)c1CNC(=O)CCCC(C)=O. The van der Waals surface area contributed by atoms with Crippen LogP contribution in [0, 0.1) is 0 Å². The van der Waals surface area contributed by atoms with Gasteiger partial charge in [-0.3, -0.25) is 9.59 Å². The average Bonchev–Trinajstić information content (AvgIpc) is 3.36. The molecule has 0 bridgehead atoms. The molecule has 0 atom stereocenters. The van der Waals surface area contributed by atoms with E-state index in [4.69, 9.17) is 14.8 Å². The van der Waals surface area contributed by atoms with Crippen LogP contribution in [0.1, 0.15) is 104 Å². The van der Waals surface area contributed by atoms with Gasteiger partial charge in [-0.2, -0.15) is 5.10 Å². The smallest absolute Gasteiger partial charge is 0.303 e. The first-order valence-electron chi connectivity index (χ1n) is 14.8. The number of ketones is 2. The topological polar surface area (TPSA) is 153 Å². The Balaban J connectivity index is 0.000000653. The van der Waals surface area contributed by atoms with E-state index >= 15 is 0 Å². The molecule has 1 amide bonds. The lowest BCUT2D eigenvalue weighted by molar-refractivity contribution is -0.137. The van der Waals surface area contributed by atoms with Gasteiger partial charge in [0.15, 0.2) is 5.65 Å². The van der Waals surface area contributed by atoms with Gasteiger partial charge in [-0.05, 0) is 52.9 Å². The average molecular weight is 576 g/mol. The Labute approximate surface area is 243 Å². The van der Waals surface area contributed by atoms with Crippen molar-refractivity contribution in [3.8, 4) is 0 Å². The van der Waals surface area contributed by atoms with E-state index in [2.05, 4.69) is 29.6 Å². The van der Waals surface area contributed by atoms with E-state index in [1.165, 1.54) is 6.92 Å². The number of amides is 1. The number of carboxylic acids is 1. The zero-order chi connectivity index (χ0) is 30.8.